The van der Waals surface area contributed by atoms with Gasteiger partial charge in [0.2, 0.25) is 5.91 Å². The molecule has 3 atom stereocenters. The van der Waals surface area contributed by atoms with Crippen LogP contribution < -0.4 is 15.4 Å². The number of methoxy groups -OCH3 is 1. The number of hydrogen-bond donors (Lipinski definition) is 2. The molecule has 28 heavy (non-hydrogen) atoms. The van der Waals surface area contributed by atoms with Gasteiger partial charge in [-0.3, -0.25) is 14.5 Å². The fourth-order valence-electron chi connectivity index (χ4n) is 4.57. The van der Waals surface area contributed by atoms with E-state index < -0.39 is 17.5 Å². The number of urea groups is 1. The first-order valence-electron chi connectivity index (χ1n) is 9.74. The van der Waals surface area contributed by atoms with Crippen LogP contribution >= 0.6 is 0 Å². The van der Waals surface area contributed by atoms with E-state index in [9.17, 15) is 14.4 Å². The molecule has 1 aromatic carbocycles. The minimum Gasteiger partial charge on any atom is -0.497 e. The standard InChI is InChI=1S/C20H26N4O4/c1-20(13-3-7-16(28-2)8-4-13)18(26)23(19(27)22-20)12-17(25)24-14-5-6-15(24)11-21-10-9-14/h3-4,7-8,14-15,21H,5-6,9-12H2,1-2H3,(H,22,27). The zero-order valence-electron chi connectivity index (χ0n) is 16.2. The van der Waals surface area contributed by atoms with Crippen molar-refractivity contribution in [3.8, 4) is 5.75 Å². The quantitative estimate of drug-likeness (QED) is 0.748. The summed E-state index contributed by atoms with van der Waals surface area (Å²) in [5.74, 6) is 0.108. The third-order valence-electron chi connectivity index (χ3n) is 6.18. The molecule has 0 radical (unpaired) electrons. The maximum atomic E-state index is 13.1. The minimum atomic E-state index is -1.19. The van der Waals surface area contributed by atoms with E-state index in [1.807, 2.05) is 4.90 Å². The third-order valence-corrected chi connectivity index (χ3v) is 6.18. The number of carbonyl (C=O) groups is 3. The van der Waals surface area contributed by atoms with Crippen LogP contribution in [0.4, 0.5) is 4.79 Å². The normalized spacial score (nSPS) is 29.6. The van der Waals surface area contributed by atoms with E-state index in [0.717, 1.165) is 37.3 Å². The first kappa shape index (κ1) is 18.7. The van der Waals surface area contributed by atoms with Gasteiger partial charge in [0.05, 0.1) is 7.11 Å². The highest BCUT2D eigenvalue weighted by atomic mass is 16.5. The minimum absolute atomic E-state index is 0.147. The average Bonchev–Trinajstić information content (AvgIpc) is 3.08. The SMILES string of the molecule is COc1ccc(C2(C)NC(=O)N(CC(=O)N3C4CCNCC3CC4)C2=O)cc1. The molecule has 3 heterocycles. The molecule has 0 aromatic heterocycles. The van der Waals surface area contributed by atoms with Crippen molar-refractivity contribution in [2.75, 3.05) is 26.7 Å². The van der Waals surface area contributed by atoms with Crippen LogP contribution in [0.5, 0.6) is 5.75 Å². The molecule has 2 N–H and O–H groups in total. The Hall–Kier alpha value is -2.61. The second kappa shape index (κ2) is 7.09. The second-order valence-corrected chi connectivity index (χ2v) is 7.85. The van der Waals surface area contributed by atoms with Crippen LogP contribution in [-0.4, -0.2) is 66.5 Å². The van der Waals surface area contributed by atoms with Crippen molar-refractivity contribution >= 4 is 17.8 Å². The van der Waals surface area contributed by atoms with E-state index in [4.69, 9.17) is 4.74 Å². The van der Waals surface area contributed by atoms with Crippen LogP contribution in [-0.2, 0) is 15.1 Å². The van der Waals surface area contributed by atoms with E-state index in [1.165, 1.54) is 0 Å². The summed E-state index contributed by atoms with van der Waals surface area (Å²) in [7, 11) is 1.57. The number of nitrogens with one attached hydrogen (secondary N) is 2. The van der Waals surface area contributed by atoms with Gasteiger partial charge in [0, 0.05) is 18.6 Å². The lowest BCUT2D eigenvalue weighted by Crippen LogP contribution is -2.49. The first-order chi connectivity index (χ1) is 13.4. The summed E-state index contributed by atoms with van der Waals surface area (Å²) in [5, 5.41) is 6.11. The maximum Gasteiger partial charge on any atom is 0.325 e. The highest BCUT2D eigenvalue weighted by molar-refractivity contribution is 6.09. The fourth-order valence-corrected chi connectivity index (χ4v) is 4.57. The zero-order chi connectivity index (χ0) is 19.9. The van der Waals surface area contributed by atoms with Gasteiger partial charge in [0.15, 0.2) is 0 Å². The highest BCUT2D eigenvalue weighted by Gasteiger charge is 2.50. The van der Waals surface area contributed by atoms with Gasteiger partial charge in [-0.1, -0.05) is 12.1 Å². The highest BCUT2D eigenvalue weighted by Crippen LogP contribution is 2.32. The molecule has 8 nitrogen and oxygen atoms in total. The van der Waals surface area contributed by atoms with Crippen LogP contribution in [0.3, 0.4) is 0 Å². The van der Waals surface area contributed by atoms with Gasteiger partial charge in [0.25, 0.3) is 5.91 Å². The van der Waals surface area contributed by atoms with Crippen LogP contribution in [0.15, 0.2) is 24.3 Å². The number of nitrogens with zero attached hydrogens (tertiary/aromatic N) is 2. The van der Waals surface area contributed by atoms with E-state index in [2.05, 4.69) is 10.6 Å². The van der Waals surface area contributed by atoms with Gasteiger partial charge in [-0.25, -0.2) is 4.79 Å². The molecular formula is C20H26N4O4. The molecule has 0 aliphatic carbocycles. The Morgan fingerprint density at radius 1 is 1.18 bits per heavy atom. The Balaban J connectivity index is 1.51. The van der Waals surface area contributed by atoms with Crippen LogP contribution in [0.25, 0.3) is 0 Å². The zero-order valence-corrected chi connectivity index (χ0v) is 16.2. The second-order valence-electron chi connectivity index (χ2n) is 7.85. The Morgan fingerprint density at radius 3 is 2.61 bits per heavy atom. The van der Waals surface area contributed by atoms with Gasteiger partial charge in [-0.15, -0.1) is 0 Å². The molecule has 4 rings (SSSR count). The van der Waals surface area contributed by atoms with E-state index in [-0.39, 0.29) is 24.5 Å². The van der Waals surface area contributed by atoms with E-state index in [1.54, 1.807) is 38.3 Å². The molecule has 3 unspecified atom stereocenters. The summed E-state index contributed by atoms with van der Waals surface area (Å²) in [6.07, 6.45) is 2.86. The lowest BCUT2D eigenvalue weighted by molar-refractivity contribution is -0.140. The molecule has 0 spiro atoms. The van der Waals surface area contributed by atoms with Gasteiger partial charge in [-0.2, -0.15) is 0 Å². The predicted molar refractivity (Wildman–Crippen MR) is 102 cm³/mol. The van der Waals surface area contributed by atoms with Crippen molar-refractivity contribution in [3.63, 3.8) is 0 Å². The molecule has 3 aliphatic rings. The summed E-state index contributed by atoms with van der Waals surface area (Å²) in [5.41, 5.74) is -0.538. The lowest BCUT2D eigenvalue weighted by atomic mass is 9.92. The summed E-state index contributed by atoms with van der Waals surface area (Å²) in [6.45, 7) is 3.11. The molecule has 3 fully saturated rings. The van der Waals surface area contributed by atoms with Crippen molar-refractivity contribution in [3.05, 3.63) is 29.8 Å². The van der Waals surface area contributed by atoms with Crippen LogP contribution in [0.2, 0.25) is 0 Å². The predicted octanol–water partition coefficient (Wildman–Crippen LogP) is 0.815. The number of carbonyl (C=O) groups excluding carboxylic acids is 3. The Labute approximate surface area is 164 Å². The van der Waals surface area contributed by atoms with Crippen molar-refractivity contribution in [2.24, 2.45) is 0 Å². The number of hydrogen-bond acceptors (Lipinski definition) is 5. The lowest BCUT2D eigenvalue weighted by Gasteiger charge is -2.29. The summed E-state index contributed by atoms with van der Waals surface area (Å²) in [4.78, 5) is 41.6. The third kappa shape index (κ3) is 3.01. The van der Waals surface area contributed by atoms with Crippen molar-refractivity contribution in [1.29, 1.82) is 0 Å². The largest absolute Gasteiger partial charge is 0.497 e. The van der Waals surface area contributed by atoms with Crippen LogP contribution in [0.1, 0.15) is 31.7 Å². The smallest absolute Gasteiger partial charge is 0.325 e. The fraction of sp³-hybridized carbons (Fsp3) is 0.550. The Kier molecular flexibility index (Phi) is 4.74. The number of amides is 4. The Bertz CT molecular complexity index is 782. The molecule has 0 saturated carbocycles. The Morgan fingerprint density at radius 2 is 1.89 bits per heavy atom. The molecule has 4 amide bonds. The molecule has 3 saturated heterocycles. The van der Waals surface area contributed by atoms with Crippen molar-refractivity contribution < 1.29 is 19.1 Å². The van der Waals surface area contributed by atoms with Gasteiger partial charge in [0.1, 0.15) is 17.8 Å². The number of rotatable bonds is 4. The number of benzene rings is 1. The van der Waals surface area contributed by atoms with Crippen LogP contribution in [0, 0.1) is 0 Å². The van der Waals surface area contributed by atoms with Gasteiger partial charge >= 0.3 is 6.03 Å². The molecule has 150 valence electrons. The molecule has 2 bridgehead atoms. The van der Waals surface area contributed by atoms with Gasteiger partial charge in [-0.05, 0) is 50.4 Å². The maximum absolute atomic E-state index is 13.1. The van der Waals surface area contributed by atoms with Crippen molar-refractivity contribution in [1.82, 2.24) is 20.4 Å². The molecular weight excluding hydrogens is 360 g/mol. The topological polar surface area (TPSA) is 91.0 Å². The summed E-state index contributed by atoms with van der Waals surface area (Å²) < 4.78 is 5.15. The number of ether oxygens (including phenoxy) is 1. The number of fused-ring (bicyclic) bond motifs is 2. The summed E-state index contributed by atoms with van der Waals surface area (Å²) >= 11 is 0. The first-order valence-corrected chi connectivity index (χ1v) is 9.74. The summed E-state index contributed by atoms with van der Waals surface area (Å²) in [6, 6.07) is 6.81. The van der Waals surface area contributed by atoms with Crippen molar-refractivity contribution in [2.45, 2.75) is 43.8 Å². The van der Waals surface area contributed by atoms with Gasteiger partial charge < -0.3 is 20.3 Å². The van der Waals surface area contributed by atoms with E-state index >= 15 is 0 Å². The average molecular weight is 386 g/mol. The monoisotopic (exact) mass is 386 g/mol. The molecule has 3 aliphatic heterocycles. The molecule has 8 heteroatoms. The van der Waals surface area contributed by atoms with E-state index in [0.29, 0.717) is 11.3 Å². The number of imide groups is 1. The molecule has 1 aromatic rings.